The number of alkyl halides is 1. The topological polar surface area (TPSA) is 247 Å². The molecule has 6 N–H and O–H groups in total. The Morgan fingerprint density at radius 3 is 2.62 bits per heavy atom. The van der Waals surface area contributed by atoms with E-state index in [1.165, 1.54) is 17.1 Å². The van der Waals surface area contributed by atoms with E-state index in [9.17, 15) is 33.6 Å². The molecule has 21 heteroatoms. The lowest BCUT2D eigenvalue weighted by atomic mass is 10.1. The van der Waals surface area contributed by atoms with Crippen LogP contribution in [0.25, 0.3) is 16.8 Å². The molecule has 0 aromatic carbocycles. The summed E-state index contributed by atoms with van der Waals surface area (Å²) in [6.45, 7) is -0.825. The van der Waals surface area contributed by atoms with Crippen LogP contribution in [0.5, 0.6) is 0 Å². The van der Waals surface area contributed by atoms with Gasteiger partial charge >= 0.3 is 21.3 Å². The molecule has 1 saturated heterocycles. The lowest BCUT2D eigenvalue weighted by Gasteiger charge is -2.19. The van der Waals surface area contributed by atoms with Gasteiger partial charge in [0.1, 0.15) is 12.2 Å². The van der Waals surface area contributed by atoms with Crippen molar-refractivity contribution in [2.45, 2.75) is 29.7 Å². The van der Waals surface area contributed by atoms with Gasteiger partial charge in [-0.2, -0.15) is 0 Å². The van der Waals surface area contributed by atoms with E-state index in [4.69, 9.17) is 19.0 Å². The molecule has 4 heterocycles. The summed E-state index contributed by atoms with van der Waals surface area (Å²) in [4.78, 5) is 72.0. The number of hydrogen-bond acceptors (Lipinski definition) is 11. The molecular formula is C16H19BrN5O12P2S+. The Hall–Kier alpha value is -1.60. The molecule has 1 aliphatic rings. The van der Waals surface area contributed by atoms with Gasteiger partial charge in [0.2, 0.25) is 23.3 Å². The number of nitrogens with zero attached hydrogens (tertiary/aromatic N) is 4. The number of aromatic nitrogens is 5. The highest BCUT2D eigenvalue weighted by atomic mass is 79.9. The van der Waals surface area contributed by atoms with Gasteiger partial charge in [-0.3, -0.25) is 28.0 Å². The first-order valence-electron chi connectivity index (χ1n) is 10.1. The summed E-state index contributed by atoms with van der Waals surface area (Å²) >= 11 is 3.88. The number of imidazole rings is 2. The van der Waals surface area contributed by atoms with Crippen LogP contribution in [0.2, 0.25) is 0 Å². The van der Waals surface area contributed by atoms with Gasteiger partial charge in [-0.05, 0) is 0 Å². The fourth-order valence-corrected chi connectivity index (χ4v) is 5.62. The van der Waals surface area contributed by atoms with Crippen molar-refractivity contribution < 1.29 is 61.8 Å². The number of carbonyl (C=O) groups is 2. The minimum absolute atomic E-state index is 0.105. The molecule has 4 atom stereocenters. The lowest BCUT2D eigenvalue weighted by molar-refractivity contribution is -0.744. The van der Waals surface area contributed by atoms with E-state index < -0.39 is 58.4 Å². The van der Waals surface area contributed by atoms with Crippen LogP contribution >= 0.6 is 43.3 Å². The highest BCUT2D eigenvalue weighted by Gasteiger charge is 2.51. The van der Waals surface area contributed by atoms with Crippen molar-refractivity contribution in [2.24, 2.45) is 0 Å². The first kappa shape index (κ1) is 28.4. The van der Waals surface area contributed by atoms with Crippen molar-refractivity contribution in [3.63, 3.8) is 0 Å². The maximum absolute atomic E-state index is 12.0. The van der Waals surface area contributed by atoms with Crippen LogP contribution in [0.3, 0.4) is 0 Å². The van der Waals surface area contributed by atoms with Gasteiger partial charge in [0.25, 0.3) is 5.16 Å². The summed E-state index contributed by atoms with van der Waals surface area (Å²) < 4.78 is 40.2. The Morgan fingerprint density at radius 1 is 1.24 bits per heavy atom. The Bertz CT molecular complexity index is 1440. The molecule has 0 aliphatic carbocycles. The lowest BCUT2D eigenvalue weighted by Crippen LogP contribution is -2.46. The Balaban J connectivity index is 1.73. The number of aliphatic hydroxyl groups excluding tert-OH is 1. The Kier molecular flexibility index (Phi) is 8.35. The number of nitrogens with one attached hydrogen (secondary N) is 1. The van der Waals surface area contributed by atoms with Crippen LogP contribution < -0.4 is 4.57 Å². The number of carbonyl (C=O) groups excluding carboxylic acids is 2. The average molecular weight is 647 g/mol. The largest absolute Gasteiger partial charge is 0.470 e. The molecule has 3 aromatic rings. The zero-order chi connectivity index (χ0) is 27.1. The molecule has 202 valence electrons. The molecule has 0 radical (unpaired) electrons. The van der Waals surface area contributed by atoms with Gasteiger partial charge < -0.3 is 29.4 Å². The van der Waals surface area contributed by atoms with E-state index in [0.717, 1.165) is 11.8 Å². The number of phosphoric ester groups is 2. The standard InChI is InChI=1S/C16H18BrN5O12P2S/c17-3-7(23)8(24)5-37-16-20-14-10(13-18-1-2-21(13)16)19-6-22(14)15-12(34-36(29,30)31)11(25)9(33-15)4-32-35(26,27)28/h1-2,6,9,11-12,15,25H,3-5H2,(H4,26,27,28,29,30,31)/p+1/t9-,11-,12-,15?/m1/s1. The summed E-state index contributed by atoms with van der Waals surface area (Å²) in [5.41, 5.74) is 0.784. The first-order valence-corrected chi connectivity index (χ1v) is 15.2. The van der Waals surface area contributed by atoms with Crippen molar-refractivity contribution in [2.75, 3.05) is 17.7 Å². The summed E-state index contributed by atoms with van der Waals surface area (Å²) in [5.74, 6) is -1.50. The molecule has 17 nitrogen and oxygen atoms in total. The first-order chi connectivity index (χ1) is 17.3. The van der Waals surface area contributed by atoms with E-state index in [0.29, 0.717) is 11.2 Å². The molecule has 0 spiro atoms. The van der Waals surface area contributed by atoms with E-state index in [1.807, 2.05) is 0 Å². The molecule has 1 fully saturated rings. The minimum atomic E-state index is -5.18. The van der Waals surface area contributed by atoms with E-state index >= 15 is 0 Å². The molecule has 1 unspecified atom stereocenters. The fraction of sp³-hybridized carbons (Fsp3) is 0.438. The number of aromatic amines is 1. The number of Topliss-reactive ketones (excluding diaryl/α,β-unsaturated/α-hetero) is 2. The van der Waals surface area contributed by atoms with Crippen LogP contribution in [-0.4, -0.2) is 91.6 Å². The second-order valence-electron chi connectivity index (χ2n) is 7.57. The number of phosphoric acid groups is 2. The van der Waals surface area contributed by atoms with Crippen molar-refractivity contribution in [1.29, 1.82) is 0 Å². The van der Waals surface area contributed by atoms with Gasteiger partial charge in [-0.15, -0.1) is 0 Å². The zero-order valence-corrected chi connectivity index (χ0v) is 22.4. The summed E-state index contributed by atoms with van der Waals surface area (Å²) in [7, 11) is -10.1. The van der Waals surface area contributed by atoms with Crippen LogP contribution in [0.1, 0.15) is 6.23 Å². The van der Waals surface area contributed by atoms with Gasteiger partial charge in [0.15, 0.2) is 18.1 Å². The van der Waals surface area contributed by atoms with Crippen molar-refractivity contribution in [3.8, 4) is 0 Å². The minimum Gasteiger partial charge on any atom is -0.387 e. The normalized spacial score (nSPS) is 22.8. The van der Waals surface area contributed by atoms with E-state index in [2.05, 4.69) is 35.4 Å². The number of rotatable bonds is 11. The zero-order valence-electron chi connectivity index (χ0n) is 18.2. The van der Waals surface area contributed by atoms with Crippen molar-refractivity contribution in [3.05, 3.63) is 18.7 Å². The van der Waals surface area contributed by atoms with Gasteiger partial charge in [-0.25, -0.2) is 18.7 Å². The molecular weight excluding hydrogens is 628 g/mol. The fourth-order valence-electron chi connectivity index (χ4n) is 3.56. The molecule has 37 heavy (non-hydrogen) atoms. The third-order valence-electron chi connectivity index (χ3n) is 5.11. The number of aliphatic hydroxyl groups is 1. The molecule has 0 saturated carbocycles. The Morgan fingerprint density at radius 2 is 1.97 bits per heavy atom. The van der Waals surface area contributed by atoms with Gasteiger partial charge in [0.05, 0.1) is 17.7 Å². The predicted octanol–water partition coefficient (Wildman–Crippen LogP) is -1.03. The van der Waals surface area contributed by atoms with Crippen LogP contribution in [-0.2, 0) is 32.5 Å². The molecule has 3 aromatic heterocycles. The predicted molar refractivity (Wildman–Crippen MR) is 124 cm³/mol. The van der Waals surface area contributed by atoms with Crippen molar-refractivity contribution in [1.82, 2.24) is 19.4 Å². The molecule has 1 aliphatic heterocycles. The molecule has 0 amide bonds. The third-order valence-corrected chi connectivity index (χ3v) is 7.57. The number of thioether (sulfide) groups is 1. The van der Waals surface area contributed by atoms with E-state index in [1.54, 1.807) is 10.6 Å². The van der Waals surface area contributed by atoms with Crippen LogP contribution in [0, 0.1) is 0 Å². The van der Waals surface area contributed by atoms with Crippen LogP contribution in [0.4, 0.5) is 0 Å². The second-order valence-corrected chi connectivity index (χ2v) is 11.5. The monoisotopic (exact) mass is 646 g/mol. The number of ketones is 2. The van der Waals surface area contributed by atoms with Gasteiger partial charge in [0, 0.05) is 12.4 Å². The maximum Gasteiger partial charge on any atom is 0.470 e. The van der Waals surface area contributed by atoms with Gasteiger partial charge in [-0.1, -0.05) is 32.7 Å². The smallest absolute Gasteiger partial charge is 0.387 e. The number of ether oxygens (including phenoxy) is 1. The molecule has 0 bridgehead atoms. The summed E-state index contributed by atoms with van der Waals surface area (Å²) in [5, 5.41) is 10.7. The number of halogens is 1. The Labute approximate surface area is 218 Å². The highest BCUT2D eigenvalue weighted by molar-refractivity contribution is 9.09. The van der Waals surface area contributed by atoms with Crippen molar-refractivity contribution >= 4 is 71.7 Å². The summed E-state index contributed by atoms with van der Waals surface area (Å²) in [6.07, 6.45) is -2.08. The average Bonchev–Trinajstić information content (AvgIpc) is 3.52. The quantitative estimate of drug-likeness (QED) is 0.0364. The maximum atomic E-state index is 12.0. The second kappa shape index (κ2) is 10.9. The number of hydrogen-bond donors (Lipinski definition) is 6. The SMILES string of the molecule is O=C(CBr)C(=O)CSc1nc2c([nH]c[n+]2C2O[C@H](COP(=O)(O)O)[C@@H](O)[C@H]2OP(=O)(O)O)c2nccn12. The number of H-pyrrole nitrogens is 1. The molecule has 4 rings (SSSR count). The summed E-state index contributed by atoms with van der Waals surface area (Å²) in [6, 6.07) is 0. The highest BCUT2D eigenvalue weighted by Crippen LogP contribution is 2.44. The van der Waals surface area contributed by atoms with Crippen LogP contribution in [0.15, 0.2) is 23.9 Å². The van der Waals surface area contributed by atoms with E-state index in [-0.39, 0.29) is 21.9 Å². The number of fused-ring (bicyclic) bond motifs is 3. The third kappa shape index (κ3) is 6.35.